The Morgan fingerprint density at radius 1 is 0.500 bits per heavy atom. The van der Waals surface area contributed by atoms with Gasteiger partial charge in [0.25, 0.3) is 0 Å². The third kappa shape index (κ3) is 48.1. The first-order valence-electron chi connectivity index (χ1n) is 26.0. The van der Waals surface area contributed by atoms with Crippen molar-refractivity contribution in [2.75, 3.05) is 33.0 Å². The van der Waals surface area contributed by atoms with Crippen LogP contribution in [0.15, 0.2) is 36.5 Å². The van der Waals surface area contributed by atoms with Crippen LogP contribution in [-0.2, 0) is 27.9 Å². The van der Waals surface area contributed by atoms with Crippen LogP contribution >= 0.6 is 7.82 Å². The summed E-state index contributed by atoms with van der Waals surface area (Å²) >= 11 is 0. The number of phosphoric ester groups is 1. The largest absolute Gasteiger partial charge is 0.472 e. The van der Waals surface area contributed by atoms with Crippen LogP contribution in [-0.4, -0.2) is 66.3 Å². The van der Waals surface area contributed by atoms with Crippen LogP contribution < -0.4 is 0 Å². The quantitative estimate of drug-likeness (QED) is 0.0236. The zero-order valence-corrected chi connectivity index (χ0v) is 41.2. The van der Waals surface area contributed by atoms with Gasteiger partial charge in [-0.1, -0.05) is 224 Å². The fourth-order valence-electron chi connectivity index (χ4n) is 7.36. The van der Waals surface area contributed by atoms with Crippen molar-refractivity contribution in [1.82, 2.24) is 0 Å². The molecule has 0 aromatic heterocycles. The average molecular weight is 899 g/mol. The molecule has 0 aliphatic rings. The van der Waals surface area contributed by atoms with Crippen LogP contribution in [0.5, 0.6) is 0 Å². The minimum Gasteiger partial charge on any atom is -0.457 e. The summed E-state index contributed by atoms with van der Waals surface area (Å²) in [5, 5.41) is 18.4. The number of carbonyl (C=O) groups is 1. The van der Waals surface area contributed by atoms with E-state index in [9.17, 15) is 19.4 Å². The summed E-state index contributed by atoms with van der Waals surface area (Å²) in [7, 11) is -4.53. The van der Waals surface area contributed by atoms with E-state index in [-0.39, 0.29) is 19.6 Å². The Hall–Kier alpha value is -1.32. The summed E-state index contributed by atoms with van der Waals surface area (Å²) < 4.78 is 33.5. The fraction of sp³-hybridized carbons (Fsp3) is 0.865. The molecule has 62 heavy (non-hydrogen) atoms. The highest BCUT2D eigenvalue weighted by Crippen LogP contribution is 2.43. The van der Waals surface area contributed by atoms with Gasteiger partial charge in [0.05, 0.1) is 26.4 Å². The molecule has 0 aliphatic heterocycles. The van der Waals surface area contributed by atoms with Crippen molar-refractivity contribution in [2.24, 2.45) is 0 Å². The van der Waals surface area contributed by atoms with Gasteiger partial charge in [-0.05, 0) is 51.4 Å². The molecule has 3 unspecified atom stereocenters. The van der Waals surface area contributed by atoms with Crippen molar-refractivity contribution < 1.29 is 43.0 Å². The van der Waals surface area contributed by atoms with Crippen molar-refractivity contribution >= 4 is 13.8 Å². The maximum absolute atomic E-state index is 12.7. The molecule has 0 aliphatic carbocycles. The van der Waals surface area contributed by atoms with Gasteiger partial charge in [0.1, 0.15) is 12.2 Å². The van der Waals surface area contributed by atoms with E-state index >= 15 is 0 Å². The van der Waals surface area contributed by atoms with E-state index in [1.165, 1.54) is 167 Å². The van der Waals surface area contributed by atoms with E-state index < -0.39 is 39.2 Å². The van der Waals surface area contributed by atoms with Crippen molar-refractivity contribution in [1.29, 1.82) is 0 Å². The number of carbonyl (C=O) groups excluding carboxylic acids is 1. The maximum Gasteiger partial charge on any atom is 0.472 e. The normalized spacial score (nSPS) is 14.1. The molecule has 0 spiro atoms. The second-order valence-electron chi connectivity index (χ2n) is 17.5. The van der Waals surface area contributed by atoms with Gasteiger partial charge >= 0.3 is 13.8 Å². The standard InChI is InChI=1S/C52H99O9P/c1-3-5-7-9-11-13-15-17-19-21-23-24-25-27-29-31-33-35-37-39-41-43-45-58-48-51(49-60-62(56,57)59-47-50(54)46-53)61-52(55)44-42-40-38-36-34-32-30-28-26-22-20-18-16-14-12-10-8-6-4-2/h12,14,18,20,26,28,50-51,53-54H,3-11,13,15-17,19,21-25,27,29-49H2,1-2H3,(H,56,57)/b14-12-,20-18-,28-26-. The van der Waals surface area contributed by atoms with Gasteiger partial charge in [0.2, 0.25) is 0 Å². The predicted octanol–water partition coefficient (Wildman–Crippen LogP) is 15.2. The number of aliphatic hydroxyl groups is 2. The minimum absolute atomic E-state index is 0.0472. The molecule has 0 saturated heterocycles. The van der Waals surface area contributed by atoms with E-state index in [0.29, 0.717) is 13.0 Å². The number of hydrogen-bond donors (Lipinski definition) is 3. The summed E-state index contributed by atoms with van der Waals surface area (Å²) in [6.45, 7) is 3.52. The number of ether oxygens (including phenoxy) is 2. The Labute approximate surface area is 382 Å². The summed E-state index contributed by atoms with van der Waals surface area (Å²) in [5.74, 6) is -0.391. The number of esters is 1. The molecule has 3 atom stereocenters. The van der Waals surface area contributed by atoms with E-state index in [0.717, 1.165) is 51.4 Å². The Balaban J connectivity index is 4.06. The summed E-state index contributed by atoms with van der Waals surface area (Å²) in [4.78, 5) is 22.7. The van der Waals surface area contributed by atoms with Crippen molar-refractivity contribution in [2.45, 2.75) is 257 Å². The molecule has 0 aromatic rings. The third-order valence-electron chi connectivity index (χ3n) is 11.3. The average Bonchev–Trinajstić information content (AvgIpc) is 3.26. The summed E-state index contributed by atoms with van der Waals surface area (Å²) in [6.07, 6.45) is 55.4. The molecule has 0 fully saturated rings. The molecule has 0 saturated carbocycles. The second kappa shape index (κ2) is 49.1. The number of rotatable bonds is 50. The van der Waals surface area contributed by atoms with Gasteiger partial charge in [0.15, 0.2) is 0 Å². The van der Waals surface area contributed by atoms with E-state index in [4.69, 9.17) is 23.6 Å². The molecule has 366 valence electrons. The highest BCUT2D eigenvalue weighted by atomic mass is 31.2. The molecule has 10 heteroatoms. The second-order valence-corrected chi connectivity index (χ2v) is 19.0. The summed E-state index contributed by atoms with van der Waals surface area (Å²) in [6, 6.07) is 0. The molecule has 0 radical (unpaired) electrons. The lowest BCUT2D eigenvalue weighted by Crippen LogP contribution is -2.29. The third-order valence-corrected chi connectivity index (χ3v) is 12.3. The number of allylic oxidation sites excluding steroid dienone is 6. The number of unbranched alkanes of at least 4 members (excludes halogenated alkanes) is 30. The first-order chi connectivity index (χ1) is 30.3. The van der Waals surface area contributed by atoms with Gasteiger partial charge in [-0.25, -0.2) is 4.57 Å². The zero-order valence-electron chi connectivity index (χ0n) is 40.3. The highest BCUT2D eigenvalue weighted by molar-refractivity contribution is 7.47. The number of hydrogen-bond acceptors (Lipinski definition) is 8. The molecule has 3 N–H and O–H groups in total. The molecule has 0 rings (SSSR count). The molecule has 9 nitrogen and oxygen atoms in total. The summed E-state index contributed by atoms with van der Waals surface area (Å²) in [5.41, 5.74) is 0. The first-order valence-corrected chi connectivity index (χ1v) is 27.5. The molecular weight excluding hydrogens is 800 g/mol. The predicted molar refractivity (Wildman–Crippen MR) is 261 cm³/mol. The van der Waals surface area contributed by atoms with Gasteiger partial charge in [0, 0.05) is 13.0 Å². The molecule has 0 aromatic carbocycles. The molecule has 0 bridgehead atoms. The van der Waals surface area contributed by atoms with Crippen molar-refractivity contribution in [3.05, 3.63) is 36.5 Å². The lowest BCUT2D eigenvalue weighted by atomic mass is 10.0. The van der Waals surface area contributed by atoms with Gasteiger partial charge in [-0.15, -0.1) is 0 Å². The van der Waals surface area contributed by atoms with Crippen LogP contribution in [0.2, 0.25) is 0 Å². The van der Waals surface area contributed by atoms with Crippen LogP contribution in [0.3, 0.4) is 0 Å². The molecular formula is C52H99O9P. The van der Waals surface area contributed by atoms with Crippen molar-refractivity contribution in [3.8, 4) is 0 Å². The SMILES string of the molecule is CCCCC/C=C\C/C=C\C/C=C\CCCCCCCCC(=O)OC(COCCCCCCCCCCCCCCCCCCCCCCCC)COP(=O)(O)OCC(O)CO. The number of aliphatic hydroxyl groups excluding tert-OH is 2. The van der Waals surface area contributed by atoms with Crippen LogP contribution in [0, 0.1) is 0 Å². The lowest BCUT2D eigenvalue weighted by Gasteiger charge is -2.20. The Morgan fingerprint density at radius 3 is 1.34 bits per heavy atom. The molecule has 0 heterocycles. The smallest absolute Gasteiger partial charge is 0.457 e. The van der Waals surface area contributed by atoms with Crippen LogP contribution in [0.1, 0.15) is 245 Å². The van der Waals surface area contributed by atoms with Crippen LogP contribution in [0.25, 0.3) is 0 Å². The van der Waals surface area contributed by atoms with Crippen LogP contribution in [0.4, 0.5) is 0 Å². The van der Waals surface area contributed by atoms with Gasteiger partial charge in [-0.2, -0.15) is 0 Å². The van der Waals surface area contributed by atoms with E-state index in [1.807, 2.05) is 0 Å². The van der Waals surface area contributed by atoms with Gasteiger partial charge < -0.3 is 24.6 Å². The highest BCUT2D eigenvalue weighted by Gasteiger charge is 2.26. The zero-order chi connectivity index (χ0) is 45.3. The van der Waals surface area contributed by atoms with Crippen molar-refractivity contribution in [3.63, 3.8) is 0 Å². The van der Waals surface area contributed by atoms with Gasteiger partial charge in [-0.3, -0.25) is 13.8 Å². The minimum atomic E-state index is -4.53. The van der Waals surface area contributed by atoms with E-state index in [2.05, 4.69) is 50.3 Å². The Morgan fingerprint density at radius 2 is 0.871 bits per heavy atom. The molecule has 0 amide bonds. The fourth-order valence-corrected chi connectivity index (χ4v) is 8.15. The Kier molecular flexibility index (Phi) is 48.1. The first kappa shape index (κ1) is 60.7. The maximum atomic E-state index is 12.7. The number of phosphoric acid groups is 1. The lowest BCUT2D eigenvalue weighted by molar-refractivity contribution is -0.154. The monoisotopic (exact) mass is 899 g/mol. The van der Waals surface area contributed by atoms with E-state index in [1.54, 1.807) is 0 Å². The topological polar surface area (TPSA) is 132 Å². The Bertz CT molecular complexity index is 1060.